The number of nitrogens with one attached hydrogen (secondary N) is 1. The Kier molecular flexibility index (Phi) is 9.36. The third-order valence-corrected chi connectivity index (χ3v) is 8.45. The van der Waals surface area contributed by atoms with E-state index in [2.05, 4.69) is 93.1 Å². The molecule has 12 heteroatoms. The molecule has 34 heavy (non-hydrogen) atoms. The average Bonchev–Trinajstić information content (AvgIpc) is 3.00. The molecule has 0 atom stereocenters. The van der Waals surface area contributed by atoms with E-state index in [4.69, 9.17) is 23.2 Å². The van der Waals surface area contributed by atoms with Gasteiger partial charge in [0, 0.05) is 25.7 Å². The number of hydrogen-bond acceptors (Lipinski definition) is 7. The smallest absolute Gasteiger partial charge is 0.244 e. The third kappa shape index (κ3) is 10.7. The minimum atomic E-state index is -1.86. The van der Waals surface area contributed by atoms with Gasteiger partial charge in [0.15, 0.2) is 27.8 Å². The van der Waals surface area contributed by atoms with Gasteiger partial charge in [0.25, 0.3) is 0 Å². The molecule has 0 saturated heterocycles. The first-order valence-corrected chi connectivity index (χ1v) is 26.0. The first kappa shape index (κ1) is 29.2. The highest BCUT2D eigenvalue weighted by molar-refractivity contribution is 6.79. The van der Waals surface area contributed by atoms with Crippen LogP contribution in [0.2, 0.25) is 78.6 Å². The first-order chi connectivity index (χ1) is 15.3. The van der Waals surface area contributed by atoms with Crippen molar-refractivity contribution >= 4 is 50.3 Å². The summed E-state index contributed by atoms with van der Waals surface area (Å²) in [7, 11) is -6.69. The van der Waals surface area contributed by atoms with Crippen LogP contribution in [0.3, 0.4) is 0 Å². The second-order valence-corrected chi connectivity index (χ2v) is 31.3. The second-order valence-electron chi connectivity index (χ2n) is 13.1. The van der Waals surface area contributed by atoms with Crippen LogP contribution in [-0.4, -0.2) is 65.9 Å². The van der Waals surface area contributed by atoms with Crippen molar-refractivity contribution in [3.8, 4) is 5.88 Å². The van der Waals surface area contributed by atoms with Gasteiger partial charge in [-0.3, -0.25) is 0 Å². The Labute approximate surface area is 210 Å². The minimum absolute atomic E-state index is 0.329. The molecule has 2 heterocycles. The van der Waals surface area contributed by atoms with E-state index < -0.39 is 33.2 Å². The van der Waals surface area contributed by atoms with Crippen molar-refractivity contribution in [3.05, 3.63) is 6.33 Å². The fourth-order valence-electron chi connectivity index (χ4n) is 3.11. The van der Waals surface area contributed by atoms with Crippen molar-refractivity contribution in [3.63, 3.8) is 0 Å². The molecule has 0 unspecified atom stereocenters. The molecule has 8 nitrogen and oxygen atoms in total. The summed E-state index contributed by atoms with van der Waals surface area (Å²) in [5.41, 5.74) is 1.55. The van der Waals surface area contributed by atoms with Crippen molar-refractivity contribution in [1.29, 1.82) is 0 Å². The largest absolute Gasteiger partial charge is 0.530 e. The van der Waals surface area contributed by atoms with Gasteiger partial charge < -0.3 is 22.8 Å². The number of aryl methyl sites for hydroxylation is 1. The van der Waals surface area contributed by atoms with Crippen LogP contribution in [0, 0.1) is 5.92 Å². The lowest BCUT2D eigenvalue weighted by atomic mass is 10.1. The molecule has 0 saturated carbocycles. The van der Waals surface area contributed by atoms with Crippen molar-refractivity contribution < 1.29 is 13.3 Å². The van der Waals surface area contributed by atoms with Crippen LogP contribution in [0.1, 0.15) is 6.42 Å². The van der Waals surface area contributed by atoms with Gasteiger partial charge in [-0.15, -0.1) is 0 Å². The van der Waals surface area contributed by atoms with Crippen LogP contribution in [0.4, 0.5) is 5.95 Å². The molecule has 2 rings (SSSR count). The highest BCUT2D eigenvalue weighted by Gasteiger charge is 2.25. The third-order valence-electron chi connectivity index (χ3n) is 4.60. The Morgan fingerprint density at radius 1 is 0.824 bits per heavy atom. The van der Waals surface area contributed by atoms with E-state index in [0.29, 0.717) is 17.7 Å². The molecule has 2 aromatic rings. The molecule has 0 bridgehead atoms. The Bertz CT molecular complexity index is 925. The highest BCUT2D eigenvalue weighted by atomic mass is 28.4. The van der Waals surface area contributed by atoms with E-state index >= 15 is 0 Å². The van der Waals surface area contributed by atoms with Gasteiger partial charge in [-0.1, -0.05) is 19.6 Å². The number of fused-ring (bicyclic) bond motifs is 1. The molecule has 0 aromatic carbocycles. The van der Waals surface area contributed by atoms with Gasteiger partial charge in [-0.05, 0) is 65.3 Å². The Morgan fingerprint density at radius 2 is 1.38 bits per heavy atom. The topological polar surface area (TPSA) is 83.3 Å². The summed E-state index contributed by atoms with van der Waals surface area (Å²) in [5.74, 6) is 1.54. The van der Waals surface area contributed by atoms with E-state index in [0.717, 1.165) is 37.3 Å². The fourth-order valence-corrected chi connectivity index (χ4v) is 6.08. The predicted molar refractivity (Wildman–Crippen MR) is 153 cm³/mol. The summed E-state index contributed by atoms with van der Waals surface area (Å²) < 4.78 is 21.0. The van der Waals surface area contributed by atoms with Crippen molar-refractivity contribution in [2.45, 2.75) is 91.5 Å². The summed E-state index contributed by atoms with van der Waals surface area (Å²) in [5, 5.41) is 0. The molecule has 0 amide bonds. The van der Waals surface area contributed by atoms with Gasteiger partial charge in [0.05, 0.1) is 6.33 Å². The predicted octanol–water partition coefficient (Wildman–Crippen LogP) is 6.00. The van der Waals surface area contributed by atoms with Crippen LogP contribution < -0.4 is 9.41 Å². The number of nitrogens with zero attached hydrogens (tertiary/aromatic N) is 4. The van der Waals surface area contributed by atoms with Crippen LogP contribution in [0.25, 0.3) is 11.2 Å². The van der Waals surface area contributed by atoms with Gasteiger partial charge >= 0.3 is 0 Å². The number of hydrogen-bond donors (Lipinski definition) is 1. The Hall–Kier alpha value is -1.06. The minimum Gasteiger partial charge on any atom is -0.530 e. The second kappa shape index (κ2) is 10.9. The van der Waals surface area contributed by atoms with Crippen molar-refractivity contribution in [2.75, 3.05) is 18.2 Å². The molecule has 0 spiro atoms. The van der Waals surface area contributed by atoms with Gasteiger partial charge in [0.1, 0.15) is 8.24 Å². The average molecular weight is 542 g/mol. The summed E-state index contributed by atoms with van der Waals surface area (Å²) in [6.07, 6.45) is 2.80. The van der Waals surface area contributed by atoms with Gasteiger partial charge in [-0.2, -0.15) is 9.97 Å². The van der Waals surface area contributed by atoms with Gasteiger partial charge in [0.2, 0.25) is 20.1 Å². The van der Waals surface area contributed by atoms with Crippen LogP contribution >= 0.6 is 0 Å². The zero-order valence-electron chi connectivity index (χ0n) is 23.5. The maximum absolute atomic E-state index is 6.32. The highest BCUT2D eigenvalue weighted by Crippen LogP contribution is 2.27. The number of aromatic nitrogens is 4. The Morgan fingerprint density at radius 3 is 1.85 bits per heavy atom. The summed E-state index contributed by atoms with van der Waals surface area (Å²) in [6.45, 7) is 28.8. The standard InChI is InChI=1S/C22H47N5O3Si4/c1-31(2,3)26-22-24-20-19(21(25-22)30-34(10,11)12)23-17-27(20)14-13-18(15-28-32(4,5)6)16-29-33(7,8)9/h17-18H,13-16H2,1-12H3,(H,24,25,26). The summed E-state index contributed by atoms with van der Waals surface area (Å²) in [6, 6.07) is 0. The lowest BCUT2D eigenvalue weighted by molar-refractivity contribution is 0.158. The van der Waals surface area contributed by atoms with Crippen molar-refractivity contribution in [1.82, 2.24) is 19.5 Å². The fraction of sp³-hybridized carbons (Fsp3) is 0.773. The van der Waals surface area contributed by atoms with E-state index in [9.17, 15) is 0 Å². The Balaban J connectivity index is 2.31. The number of imidazole rings is 1. The van der Waals surface area contributed by atoms with Crippen LogP contribution in [0.15, 0.2) is 6.33 Å². The molecule has 0 fully saturated rings. The maximum Gasteiger partial charge on any atom is 0.244 e. The molecule has 194 valence electrons. The zero-order chi connectivity index (χ0) is 25.9. The first-order valence-electron chi connectivity index (χ1n) is 12.3. The van der Waals surface area contributed by atoms with Crippen LogP contribution in [0.5, 0.6) is 5.88 Å². The molecular weight excluding hydrogens is 495 g/mol. The number of rotatable bonds is 13. The molecule has 0 aliphatic carbocycles. The van der Waals surface area contributed by atoms with E-state index in [-0.39, 0.29) is 0 Å². The lowest BCUT2D eigenvalue weighted by Crippen LogP contribution is -2.34. The molecular formula is C22H47N5O3Si4. The lowest BCUT2D eigenvalue weighted by Gasteiger charge is -2.26. The molecule has 0 aliphatic rings. The summed E-state index contributed by atoms with van der Waals surface area (Å²) in [4.78, 5) is 17.8. The van der Waals surface area contributed by atoms with Crippen LogP contribution in [-0.2, 0) is 15.4 Å². The SMILES string of the molecule is C[Si](C)(C)Nc1nc(O[Si](C)(C)C)c2ncn(CCC(CO[Si](C)(C)C)CO[Si](C)(C)C)c2n1. The molecule has 2 aromatic heterocycles. The summed E-state index contributed by atoms with van der Waals surface area (Å²) >= 11 is 0. The monoisotopic (exact) mass is 541 g/mol. The molecule has 0 aliphatic heterocycles. The van der Waals surface area contributed by atoms with Crippen molar-refractivity contribution in [2.24, 2.45) is 5.92 Å². The molecule has 0 radical (unpaired) electrons. The number of anilines is 1. The quantitative estimate of drug-likeness (QED) is 0.312. The van der Waals surface area contributed by atoms with E-state index in [1.54, 1.807) is 0 Å². The van der Waals surface area contributed by atoms with E-state index in [1.807, 2.05) is 6.33 Å². The van der Waals surface area contributed by atoms with Gasteiger partial charge in [-0.25, -0.2) is 4.98 Å². The normalized spacial score (nSPS) is 13.7. The molecule has 1 N–H and O–H groups in total. The zero-order valence-corrected chi connectivity index (χ0v) is 27.5. The maximum atomic E-state index is 6.32. The van der Waals surface area contributed by atoms with E-state index in [1.165, 1.54) is 0 Å².